The fraction of sp³-hybridized carbons (Fsp3) is 0.938. The van der Waals surface area contributed by atoms with Crippen LogP contribution in [0.1, 0.15) is 39.5 Å². The van der Waals surface area contributed by atoms with Gasteiger partial charge in [-0.3, -0.25) is 9.69 Å². The van der Waals surface area contributed by atoms with Gasteiger partial charge < -0.3 is 15.0 Å². The summed E-state index contributed by atoms with van der Waals surface area (Å²) in [4.78, 5) is 16.9. The molecule has 2 unspecified atom stereocenters. The predicted octanol–water partition coefficient (Wildman–Crippen LogP) is 1.09. The van der Waals surface area contributed by atoms with E-state index in [1.165, 1.54) is 26.4 Å². The van der Waals surface area contributed by atoms with Crippen LogP contribution < -0.4 is 5.32 Å². The zero-order valence-electron chi connectivity index (χ0n) is 13.8. The van der Waals surface area contributed by atoms with Crippen LogP contribution >= 0.6 is 0 Å². The second-order valence-electron chi connectivity index (χ2n) is 6.44. The molecule has 0 spiro atoms. The first-order chi connectivity index (χ1) is 10.1. The lowest BCUT2D eigenvalue weighted by atomic mass is 10.1. The molecule has 1 saturated heterocycles. The molecular formula is C16H31N3O2. The van der Waals surface area contributed by atoms with E-state index in [-0.39, 0.29) is 12.0 Å². The van der Waals surface area contributed by atoms with Crippen molar-refractivity contribution in [1.82, 2.24) is 15.1 Å². The highest BCUT2D eigenvalue weighted by atomic mass is 16.5. The van der Waals surface area contributed by atoms with E-state index in [2.05, 4.69) is 29.0 Å². The molecular weight excluding hydrogens is 266 g/mol. The Kier molecular flexibility index (Phi) is 6.45. The van der Waals surface area contributed by atoms with Crippen LogP contribution in [-0.4, -0.2) is 73.7 Å². The number of carbonyl (C=O) groups excluding carboxylic acids is 1. The number of carbonyl (C=O) groups is 1. The number of ether oxygens (including phenoxy) is 1. The maximum Gasteiger partial charge on any atom is 0.322 e. The maximum absolute atomic E-state index is 11.8. The molecule has 5 heteroatoms. The van der Waals surface area contributed by atoms with Crippen LogP contribution in [-0.2, 0) is 9.53 Å². The van der Waals surface area contributed by atoms with Crippen molar-refractivity contribution in [3.63, 3.8) is 0 Å². The third kappa shape index (κ3) is 5.24. The molecule has 0 amide bonds. The Morgan fingerprint density at radius 3 is 2.48 bits per heavy atom. The summed E-state index contributed by atoms with van der Waals surface area (Å²) in [5.74, 6) is -0.111. The van der Waals surface area contributed by atoms with Gasteiger partial charge in [-0.25, -0.2) is 0 Å². The Balaban J connectivity index is 1.70. The fourth-order valence-corrected chi connectivity index (χ4v) is 2.94. The van der Waals surface area contributed by atoms with Gasteiger partial charge in [0.2, 0.25) is 0 Å². The van der Waals surface area contributed by atoms with E-state index >= 15 is 0 Å². The molecule has 2 aliphatic rings. The van der Waals surface area contributed by atoms with Crippen molar-refractivity contribution in [1.29, 1.82) is 0 Å². The number of nitrogens with zero attached hydrogens (tertiary/aromatic N) is 2. The number of piperazine rings is 1. The molecule has 1 aliphatic carbocycles. The van der Waals surface area contributed by atoms with Crippen molar-refractivity contribution >= 4 is 5.97 Å². The fourth-order valence-electron chi connectivity index (χ4n) is 2.94. The third-order valence-electron chi connectivity index (χ3n) is 4.85. The number of hydrogen-bond acceptors (Lipinski definition) is 5. The van der Waals surface area contributed by atoms with Crippen LogP contribution in [0, 0.1) is 0 Å². The van der Waals surface area contributed by atoms with Crippen molar-refractivity contribution in [2.45, 2.75) is 57.7 Å². The van der Waals surface area contributed by atoms with E-state index in [0.717, 1.165) is 39.1 Å². The van der Waals surface area contributed by atoms with Gasteiger partial charge in [0.05, 0.1) is 7.11 Å². The summed E-state index contributed by atoms with van der Waals surface area (Å²) in [5.41, 5.74) is 0. The van der Waals surface area contributed by atoms with Gasteiger partial charge in [0.25, 0.3) is 0 Å². The smallest absolute Gasteiger partial charge is 0.322 e. The monoisotopic (exact) mass is 297 g/mol. The molecule has 5 nitrogen and oxygen atoms in total. The standard InChI is InChI=1S/C16H31N3O2/c1-4-13(2)19-11-9-18(10-12-19)8-7-15(16(20)21-3)17-14-5-6-14/h13-15,17H,4-12H2,1-3H3. The predicted molar refractivity (Wildman–Crippen MR) is 84.3 cm³/mol. The first kappa shape index (κ1) is 16.7. The van der Waals surface area contributed by atoms with Gasteiger partial charge in [-0.1, -0.05) is 6.92 Å². The van der Waals surface area contributed by atoms with E-state index in [9.17, 15) is 4.79 Å². The lowest BCUT2D eigenvalue weighted by Gasteiger charge is -2.38. The molecule has 0 aromatic rings. The van der Waals surface area contributed by atoms with Gasteiger partial charge in [0, 0.05) is 44.8 Å². The van der Waals surface area contributed by atoms with Crippen molar-refractivity contribution < 1.29 is 9.53 Å². The molecule has 0 aromatic heterocycles. The highest BCUT2D eigenvalue weighted by molar-refractivity contribution is 5.75. The Bertz CT molecular complexity index is 325. The summed E-state index contributed by atoms with van der Waals surface area (Å²) in [5, 5.41) is 3.41. The van der Waals surface area contributed by atoms with E-state index < -0.39 is 0 Å². The number of nitrogens with one attached hydrogen (secondary N) is 1. The molecule has 0 radical (unpaired) electrons. The Morgan fingerprint density at radius 1 is 1.29 bits per heavy atom. The molecule has 0 aromatic carbocycles. The van der Waals surface area contributed by atoms with Crippen molar-refractivity contribution in [2.75, 3.05) is 39.8 Å². The summed E-state index contributed by atoms with van der Waals surface area (Å²) in [6.45, 7) is 10.1. The Labute approximate surface area is 129 Å². The van der Waals surface area contributed by atoms with Gasteiger partial charge in [0.1, 0.15) is 6.04 Å². The van der Waals surface area contributed by atoms with Crippen LogP contribution in [0.5, 0.6) is 0 Å². The second kappa shape index (κ2) is 8.11. The number of hydrogen-bond donors (Lipinski definition) is 1. The highest BCUT2D eigenvalue weighted by Crippen LogP contribution is 2.20. The van der Waals surface area contributed by atoms with Crippen LogP contribution in [0.3, 0.4) is 0 Å². The minimum Gasteiger partial charge on any atom is -0.468 e. The van der Waals surface area contributed by atoms with Crippen molar-refractivity contribution in [2.24, 2.45) is 0 Å². The van der Waals surface area contributed by atoms with Crippen molar-refractivity contribution in [3.8, 4) is 0 Å². The Morgan fingerprint density at radius 2 is 1.95 bits per heavy atom. The van der Waals surface area contributed by atoms with Crippen LogP contribution in [0.4, 0.5) is 0 Å². The van der Waals surface area contributed by atoms with Crippen LogP contribution in [0.15, 0.2) is 0 Å². The highest BCUT2D eigenvalue weighted by Gasteiger charge is 2.29. The molecule has 2 fully saturated rings. The molecule has 1 N–H and O–H groups in total. The molecule has 2 atom stereocenters. The maximum atomic E-state index is 11.8. The summed E-state index contributed by atoms with van der Waals surface area (Å²) >= 11 is 0. The van der Waals surface area contributed by atoms with E-state index in [0.29, 0.717) is 12.1 Å². The van der Waals surface area contributed by atoms with Gasteiger partial charge >= 0.3 is 5.97 Å². The van der Waals surface area contributed by atoms with Gasteiger partial charge in [-0.15, -0.1) is 0 Å². The van der Waals surface area contributed by atoms with E-state index in [4.69, 9.17) is 4.74 Å². The molecule has 122 valence electrons. The van der Waals surface area contributed by atoms with Crippen molar-refractivity contribution in [3.05, 3.63) is 0 Å². The molecule has 1 saturated carbocycles. The molecule has 2 rings (SSSR count). The first-order valence-corrected chi connectivity index (χ1v) is 8.44. The summed E-state index contributed by atoms with van der Waals surface area (Å²) < 4.78 is 4.92. The number of methoxy groups -OCH3 is 1. The minimum atomic E-state index is -0.130. The minimum absolute atomic E-state index is 0.111. The summed E-state index contributed by atoms with van der Waals surface area (Å²) in [6, 6.07) is 1.10. The third-order valence-corrected chi connectivity index (χ3v) is 4.85. The van der Waals surface area contributed by atoms with Gasteiger partial charge in [-0.2, -0.15) is 0 Å². The van der Waals surface area contributed by atoms with E-state index in [1.807, 2.05) is 0 Å². The molecule has 21 heavy (non-hydrogen) atoms. The van der Waals surface area contributed by atoms with E-state index in [1.54, 1.807) is 0 Å². The van der Waals surface area contributed by atoms with Gasteiger partial charge in [0.15, 0.2) is 0 Å². The number of rotatable bonds is 8. The summed E-state index contributed by atoms with van der Waals surface area (Å²) in [6.07, 6.45) is 4.46. The zero-order chi connectivity index (χ0) is 15.2. The SMILES string of the molecule is CCC(C)N1CCN(CCC(NC2CC2)C(=O)OC)CC1. The molecule has 1 heterocycles. The average Bonchev–Trinajstić information content (AvgIpc) is 3.34. The lowest BCUT2D eigenvalue weighted by molar-refractivity contribution is -0.143. The van der Waals surface area contributed by atoms with Crippen LogP contribution in [0.2, 0.25) is 0 Å². The summed E-state index contributed by atoms with van der Waals surface area (Å²) in [7, 11) is 1.48. The second-order valence-corrected chi connectivity index (χ2v) is 6.44. The quantitative estimate of drug-likeness (QED) is 0.679. The average molecular weight is 297 g/mol. The largest absolute Gasteiger partial charge is 0.468 e. The number of esters is 1. The first-order valence-electron chi connectivity index (χ1n) is 8.44. The zero-order valence-corrected chi connectivity index (χ0v) is 13.8. The van der Waals surface area contributed by atoms with Gasteiger partial charge in [-0.05, 0) is 32.6 Å². The lowest BCUT2D eigenvalue weighted by Crippen LogP contribution is -2.50. The molecule has 0 bridgehead atoms. The Hall–Kier alpha value is -0.650. The molecule has 1 aliphatic heterocycles. The van der Waals surface area contributed by atoms with Crippen LogP contribution in [0.25, 0.3) is 0 Å². The normalized spacial score (nSPS) is 23.8. The topological polar surface area (TPSA) is 44.8 Å².